The summed E-state index contributed by atoms with van der Waals surface area (Å²) in [6.07, 6.45) is 0. The first kappa shape index (κ1) is 31.6. The van der Waals surface area contributed by atoms with E-state index in [0.717, 1.165) is 66.9 Å². The monoisotopic (exact) mass is 727 g/mol. The van der Waals surface area contributed by atoms with Crippen LogP contribution in [0.2, 0.25) is 0 Å². The first-order chi connectivity index (χ1) is 28.3. The standard InChI is InChI=1S/C53H33N3O/c1-3-15-34(16-4-1)35-17-13-18-36(29-35)37-30-46(43-25-14-24-42-41-23-9-12-28-51(41)57-53(42)43)54-52(31-37)56-48-27-11-8-22-40(48)45-32-49-44(33-50(45)56)39-21-7-10-26-47(39)55(49)38-19-5-2-6-20-38/h1-33H. The molecule has 0 N–H and O–H groups in total. The highest BCUT2D eigenvalue weighted by Gasteiger charge is 2.21. The molecule has 0 spiro atoms. The average Bonchev–Trinajstić information content (AvgIpc) is 3.93. The molecule has 4 nitrogen and oxygen atoms in total. The first-order valence-electron chi connectivity index (χ1n) is 19.4. The number of aromatic nitrogens is 3. The van der Waals surface area contributed by atoms with Crippen molar-refractivity contribution in [3.05, 3.63) is 200 Å². The van der Waals surface area contributed by atoms with Gasteiger partial charge >= 0.3 is 0 Å². The van der Waals surface area contributed by atoms with E-state index in [1.54, 1.807) is 0 Å². The van der Waals surface area contributed by atoms with Crippen molar-refractivity contribution >= 4 is 65.6 Å². The van der Waals surface area contributed by atoms with E-state index >= 15 is 0 Å². The lowest BCUT2D eigenvalue weighted by Crippen LogP contribution is -2.00. The molecule has 0 unspecified atom stereocenters. The lowest BCUT2D eigenvalue weighted by Gasteiger charge is -2.14. The van der Waals surface area contributed by atoms with Gasteiger partial charge in [-0.2, -0.15) is 0 Å². The summed E-state index contributed by atoms with van der Waals surface area (Å²) in [4.78, 5) is 5.57. The van der Waals surface area contributed by atoms with E-state index < -0.39 is 0 Å². The van der Waals surface area contributed by atoms with E-state index in [9.17, 15) is 0 Å². The van der Waals surface area contributed by atoms with Gasteiger partial charge in [-0.15, -0.1) is 0 Å². The zero-order valence-electron chi connectivity index (χ0n) is 30.8. The molecule has 0 bridgehead atoms. The number of fused-ring (bicyclic) bond motifs is 9. The molecule has 0 fully saturated rings. The van der Waals surface area contributed by atoms with Gasteiger partial charge in [0.1, 0.15) is 17.0 Å². The van der Waals surface area contributed by atoms with Gasteiger partial charge in [-0.05, 0) is 89.0 Å². The lowest BCUT2D eigenvalue weighted by atomic mass is 9.98. The van der Waals surface area contributed by atoms with E-state index in [2.05, 4.69) is 197 Å². The zero-order valence-corrected chi connectivity index (χ0v) is 30.8. The number of rotatable bonds is 5. The number of pyridine rings is 1. The highest BCUT2D eigenvalue weighted by atomic mass is 16.3. The van der Waals surface area contributed by atoms with Gasteiger partial charge in [0.25, 0.3) is 0 Å². The molecule has 12 aromatic rings. The van der Waals surface area contributed by atoms with Crippen molar-refractivity contribution in [2.24, 2.45) is 0 Å². The fourth-order valence-corrected chi connectivity index (χ4v) is 8.93. The predicted molar refractivity (Wildman–Crippen MR) is 237 cm³/mol. The minimum Gasteiger partial charge on any atom is -0.455 e. The number of para-hydroxylation sites is 5. The molecule has 0 aliphatic heterocycles. The van der Waals surface area contributed by atoms with Gasteiger partial charge in [0.15, 0.2) is 0 Å². The second-order valence-electron chi connectivity index (χ2n) is 14.8. The summed E-state index contributed by atoms with van der Waals surface area (Å²) in [7, 11) is 0. The maximum atomic E-state index is 6.61. The van der Waals surface area contributed by atoms with Crippen LogP contribution in [0.4, 0.5) is 0 Å². The Balaban J connectivity index is 1.17. The molecule has 57 heavy (non-hydrogen) atoms. The number of hydrogen-bond donors (Lipinski definition) is 0. The van der Waals surface area contributed by atoms with E-state index in [0.29, 0.717) is 0 Å². The molecule has 4 heteroatoms. The van der Waals surface area contributed by atoms with Gasteiger partial charge in [0.05, 0.1) is 27.8 Å². The molecule has 0 saturated carbocycles. The third-order valence-electron chi connectivity index (χ3n) is 11.5. The Labute approximate surface area is 328 Å². The molecule has 8 aromatic carbocycles. The summed E-state index contributed by atoms with van der Waals surface area (Å²) < 4.78 is 11.4. The van der Waals surface area contributed by atoms with E-state index in [1.165, 1.54) is 43.7 Å². The van der Waals surface area contributed by atoms with Crippen LogP contribution in [0.25, 0.3) is 111 Å². The number of hydrogen-bond acceptors (Lipinski definition) is 2. The Bertz CT molecular complexity index is 3520. The smallest absolute Gasteiger partial charge is 0.144 e. The summed E-state index contributed by atoms with van der Waals surface area (Å²) >= 11 is 0. The normalized spacial score (nSPS) is 11.9. The van der Waals surface area contributed by atoms with Crippen LogP contribution in [0, 0.1) is 0 Å². The van der Waals surface area contributed by atoms with Gasteiger partial charge in [-0.25, -0.2) is 4.98 Å². The van der Waals surface area contributed by atoms with Gasteiger partial charge < -0.3 is 8.98 Å². The summed E-state index contributed by atoms with van der Waals surface area (Å²) in [6, 6.07) is 71.3. The van der Waals surface area contributed by atoms with Gasteiger partial charge in [-0.3, -0.25) is 4.57 Å². The molecule has 0 saturated heterocycles. The molecule has 4 aromatic heterocycles. The van der Waals surface area contributed by atoms with Crippen molar-refractivity contribution in [3.63, 3.8) is 0 Å². The van der Waals surface area contributed by atoms with Crippen molar-refractivity contribution in [2.75, 3.05) is 0 Å². The molecule has 0 atom stereocenters. The van der Waals surface area contributed by atoms with Crippen LogP contribution in [-0.2, 0) is 0 Å². The number of benzene rings is 8. The second kappa shape index (κ2) is 12.4. The Morgan fingerprint density at radius 1 is 0.351 bits per heavy atom. The van der Waals surface area contributed by atoms with Crippen molar-refractivity contribution < 1.29 is 4.42 Å². The summed E-state index contributed by atoms with van der Waals surface area (Å²) in [6.45, 7) is 0. The molecule has 12 rings (SSSR count). The summed E-state index contributed by atoms with van der Waals surface area (Å²) in [5.74, 6) is 0.845. The highest BCUT2D eigenvalue weighted by Crippen LogP contribution is 2.42. The van der Waals surface area contributed by atoms with Gasteiger partial charge in [-0.1, -0.05) is 133 Å². The quantitative estimate of drug-likeness (QED) is 0.177. The molecule has 266 valence electrons. The summed E-state index contributed by atoms with van der Waals surface area (Å²) in [5, 5.41) is 6.95. The minimum atomic E-state index is 0.838. The largest absolute Gasteiger partial charge is 0.455 e. The van der Waals surface area contributed by atoms with Crippen LogP contribution >= 0.6 is 0 Å². The minimum absolute atomic E-state index is 0.838. The molecule has 4 heterocycles. The highest BCUT2D eigenvalue weighted by molar-refractivity contribution is 6.19. The van der Waals surface area contributed by atoms with Crippen molar-refractivity contribution in [1.29, 1.82) is 0 Å². The fourth-order valence-electron chi connectivity index (χ4n) is 8.93. The molecule has 0 amide bonds. The Morgan fingerprint density at radius 3 is 1.67 bits per heavy atom. The zero-order chi connectivity index (χ0) is 37.5. The maximum Gasteiger partial charge on any atom is 0.144 e. The first-order valence-corrected chi connectivity index (χ1v) is 19.4. The number of nitrogens with zero attached hydrogens (tertiary/aromatic N) is 3. The Hall–Kier alpha value is -7.69. The van der Waals surface area contributed by atoms with Crippen LogP contribution in [0.5, 0.6) is 0 Å². The van der Waals surface area contributed by atoms with Crippen LogP contribution in [0.15, 0.2) is 205 Å². The second-order valence-corrected chi connectivity index (χ2v) is 14.8. The van der Waals surface area contributed by atoms with Crippen LogP contribution in [-0.4, -0.2) is 14.1 Å². The molecular formula is C53H33N3O. The van der Waals surface area contributed by atoms with Gasteiger partial charge in [0, 0.05) is 43.6 Å². The molecule has 0 aliphatic carbocycles. The predicted octanol–water partition coefficient (Wildman–Crippen LogP) is 14.2. The van der Waals surface area contributed by atoms with Crippen molar-refractivity contribution in [2.45, 2.75) is 0 Å². The average molecular weight is 728 g/mol. The third-order valence-corrected chi connectivity index (χ3v) is 11.5. The lowest BCUT2D eigenvalue weighted by molar-refractivity contribution is 0.670. The van der Waals surface area contributed by atoms with E-state index in [4.69, 9.17) is 9.40 Å². The summed E-state index contributed by atoms with van der Waals surface area (Å²) in [5.41, 5.74) is 13.8. The van der Waals surface area contributed by atoms with Crippen LogP contribution < -0.4 is 0 Å². The molecule has 0 radical (unpaired) electrons. The SMILES string of the molecule is c1ccc(-c2cccc(-c3cc(-c4cccc5c4oc4ccccc45)nc(-n4c5ccccc5c5cc6c(cc54)c4ccccc4n6-c4ccccc4)c3)c2)cc1. The van der Waals surface area contributed by atoms with Gasteiger partial charge in [0.2, 0.25) is 0 Å². The van der Waals surface area contributed by atoms with Crippen LogP contribution in [0.3, 0.4) is 0 Å². The van der Waals surface area contributed by atoms with E-state index in [-0.39, 0.29) is 0 Å². The third kappa shape index (κ3) is 4.91. The maximum absolute atomic E-state index is 6.61. The molecular weight excluding hydrogens is 695 g/mol. The number of furan rings is 1. The van der Waals surface area contributed by atoms with Crippen molar-refractivity contribution in [1.82, 2.24) is 14.1 Å². The molecule has 0 aliphatic rings. The Kier molecular flexibility index (Phi) is 6.89. The fraction of sp³-hybridized carbons (Fsp3) is 0. The topological polar surface area (TPSA) is 35.9 Å². The Morgan fingerprint density at radius 2 is 0.912 bits per heavy atom. The van der Waals surface area contributed by atoms with Crippen molar-refractivity contribution in [3.8, 4) is 45.0 Å². The van der Waals surface area contributed by atoms with Crippen LogP contribution in [0.1, 0.15) is 0 Å². The van der Waals surface area contributed by atoms with E-state index in [1.807, 2.05) is 12.1 Å².